The number of fused-ring (bicyclic) bond motifs is 1. The number of piperazine rings is 1. The average molecular weight is 358 g/mol. The lowest BCUT2D eigenvalue weighted by atomic mass is 9.98. The molecule has 0 bridgehead atoms. The summed E-state index contributed by atoms with van der Waals surface area (Å²) in [6.07, 6.45) is 3.68. The van der Waals surface area contributed by atoms with E-state index in [1.54, 1.807) is 6.20 Å². The number of rotatable bonds is 2. The zero-order valence-corrected chi connectivity index (χ0v) is 14.8. The highest BCUT2D eigenvalue weighted by Crippen LogP contribution is 2.42. The third-order valence-electron chi connectivity index (χ3n) is 4.81. The fraction of sp³-hybridized carbons (Fsp3) is 0.368. The van der Waals surface area contributed by atoms with E-state index in [1.165, 1.54) is 0 Å². The van der Waals surface area contributed by atoms with Crippen LogP contribution in [0.5, 0.6) is 5.75 Å². The predicted molar refractivity (Wildman–Crippen MR) is 97.0 cm³/mol. The van der Waals surface area contributed by atoms with Crippen molar-refractivity contribution in [2.24, 2.45) is 0 Å². The molecule has 0 aliphatic carbocycles. The molecule has 130 valence electrons. The molecular formula is C19H20ClN3O2. The van der Waals surface area contributed by atoms with Gasteiger partial charge in [-0.05, 0) is 36.2 Å². The zero-order valence-electron chi connectivity index (χ0n) is 14.1. The normalized spacial score (nSPS) is 19.4. The summed E-state index contributed by atoms with van der Waals surface area (Å²) < 4.78 is 6.13. The summed E-state index contributed by atoms with van der Waals surface area (Å²) >= 11 is 6.33. The van der Waals surface area contributed by atoms with Crippen molar-refractivity contribution < 1.29 is 9.53 Å². The van der Waals surface area contributed by atoms with Gasteiger partial charge in [-0.15, -0.1) is 0 Å². The molecule has 1 saturated heterocycles. The van der Waals surface area contributed by atoms with Crippen molar-refractivity contribution in [1.82, 2.24) is 15.2 Å². The molecule has 1 fully saturated rings. The average Bonchev–Trinajstić information content (AvgIpc) is 3.05. The van der Waals surface area contributed by atoms with Crippen molar-refractivity contribution in [3.63, 3.8) is 0 Å². The first-order valence-electron chi connectivity index (χ1n) is 8.53. The molecule has 1 amide bonds. The lowest BCUT2D eigenvalue weighted by molar-refractivity contribution is -0.138. The first-order chi connectivity index (χ1) is 12.1. The molecule has 4 rings (SSSR count). The van der Waals surface area contributed by atoms with Gasteiger partial charge in [-0.25, -0.2) is 0 Å². The molecule has 2 aromatic rings. The van der Waals surface area contributed by atoms with Crippen LogP contribution in [0.4, 0.5) is 0 Å². The summed E-state index contributed by atoms with van der Waals surface area (Å²) in [7, 11) is 0. The second-order valence-corrected chi connectivity index (χ2v) is 6.95. The van der Waals surface area contributed by atoms with Crippen LogP contribution in [0.3, 0.4) is 0 Å². The number of benzene rings is 1. The first kappa shape index (κ1) is 16.4. The van der Waals surface area contributed by atoms with Gasteiger partial charge in [-0.1, -0.05) is 11.6 Å². The molecular weight excluding hydrogens is 338 g/mol. The lowest BCUT2D eigenvalue weighted by Crippen LogP contribution is -2.50. The van der Waals surface area contributed by atoms with Gasteiger partial charge in [-0.2, -0.15) is 0 Å². The van der Waals surface area contributed by atoms with E-state index in [2.05, 4.69) is 10.3 Å². The fourth-order valence-corrected chi connectivity index (χ4v) is 3.77. The highest BCUT2D eigenvalue weighted by atomic mass is 35.5. The molecule has 25 heavy (non-hydrogen) atoms. The number of pyridine rings is 1. The standard InChI is InChI=1S/C19H20ClN3O2/c1-12-11-22-3-2-15(12)16-10-14(20)8-13-9-17(25-18(13)16)19(24)23-6-4-21-5-7-23/h2-3,8,10-11,17,21H,4-7,9H2,1H3/t17-/m1/s1. The Morgan fingerprint density at radius 2 is 2.12 bits per heavy atom. The lowest BCUT2D eigenvalue weighted by Gasteiger charge is -2.29. The summed E-state index contributed by atoms with van der Waals surface area (Å²) in [5.41, 5.74) is 4.00. The van der Waals surface area contributed by atoms with Crippen molar-refractivity contribution in [3.05, 3.63) is 46.7 Å². The summed E-state index contributed by atoms with van der Waals surface area (Å²) in [5.74, 6) is 0.832. The van der Waals surface area contributed by atoms with Crippen LogP contribution >= 0.6 is 11.6 Å². The van der Waals surface area contributed by atoms with Gasteiger partial charge in [0.2, 0.25) is 0 Å². The molecule has 6 heteroatoms. The van der Waals surface area contributed by atoms with E-state index in [9.17, 15) is 4.79 Å². The minimum Gasteiger partial charge on any atom is -0.479 e. The van der Waals surface area contributed by atoms with Gasteiger partial charge in [-0.3, -0.25) is 9.78 Å². The van der Waals surface area contributed by atoms with Crippen LogP contribution < -0.4 is 10.1 Å². The topological polar surface area (TPSA) is 54.5 Å². The van der Waals surface area contributed by atoms with Crippen LogP contribution in [0.2, 0.25) is 5.02 Å². The monoisotopic (exact) mass is 357 g/mol. The number of hydrogen-bond acceptors (Lipinski definition) is 4. The summed E-state index contributed by atoms with van der Waals surface area (Å²) in [4.78, 5) is 18.8. The van der Waals surface area contributed by atoms with Crippen molar-refractivity contribution in [1.29, 1.82) is 0 Å². The quantitative estimate of drug-likeness (QED) is 0.897. The van der Waals surface area contributed by atoms with Gasteiger partial charge in [0.25, 0.3) is 5.91 Å². The Bertz CT molecular complexity index is 818. The van der Waals surface area contributed by atoms with Crippen molar-refractivity contribution in [3.8, 4) is 16.9 Å². The van der Waals surface area contributed by atoms with Crippen LogP contribution in [-0.4, -0.2) is 48.1 Å². The molecule has 2 aliphatic rings. The van der Waals surface area contributed by atoms with Gasteiger partial charge in [0.15, 0.2) is 6.10 Å². The third-order valence-corrected chi connectivity index (χ3v) is 5.03. The van der Waals surface area contributed by atoms with E-state index in [1.807, 2.05) is 36.2 Å². The minimum atomic E-state index is -0.465. The Balaban J connectivity index is 1.66. The number of aromatic nitrogens is 1. The van der Waals surface area contributed by atoms with Gasteiger partial charge in [0.1, 0.15) is 5.75 Å². The summed E-state index contributed by atoms with van der Waals surface area (Å²) in [5, 5.41) is 3.92. The molecule has 3 heterocycles. The number of ether oxygens (including phenoxy) is 1. The van der Waals surface area contributed by atoms with Gasteiger partial charge in [0, 0.05) is 61.1 Å². The Morgan fingerprint density at radius 3 is 2.88 bits per heavy atom. The fourth-order valence-electron chi connectivity index (χ4n) is 3.53. The predicted octanol–water partition coefficient (Wildman–Crippen LogP) is 2.45. The molecule has 1 N–H and O–H groups in total. The molecule has 0 saturated carbocycles. The number of amides is 1. The van der Waals surface area contributed by atoms with Crippen molar-refractivity contribution in [2.75, 3.05) is 26.2 Å². The molecule has 0 radical (unpaired) electrons. The van der Waals surface area contributed by atoms with Gasteiger partial charge >= 0.3 is 0 Å². The maximum absolute atomic E-state index is 12.8. The maximum Gasteiger partial charge on any atom is 0.264 e. The summed E-state index contributed by atoms with van der Waals surface area (Å²) in [6.45, 7) is 5.13. The minimum absolute atomic E-state index is 0.0613. The van der Waals surface area contributed by atoms with Crippen molar-refractivity contribution in [2.45, 2.75) is 19.4 Å². The van der Waals surface area contributed by atoms with E-state index < -0.39 is 6.10 Å². The largest absolute Gasteiger partial charge is 0.479 e. The van der Waals surface area contributed by atoms with Crippen LogP contribution in [0.25, 0.3) is 11.1 Å². The van der Waals surface area contributed by atoms with Crippen molar-refractivity contribution >= 4 is 17.5 Å². The number of carbonyl (C=O) groups excluding carboxylic acids is 1. The Hall–Kier alpha value is -2.11. The van der Waals surface area contributed by atoms with E-state index in [0.717, 1.165) is 54.2 Å². The van der Waals surface area contributed by atoms with Crippen LogP contribution in [-0.2, 0) is 11.2 Å². The molecule has 0 spiro atoms. The van der Waals surface area contributed by atoms with E-state index in [-0.39, 0.29) is 5.91 Å². The maximum atomic E-state index is 12.8. The van der Waals surface area contributed by atoms with Gasteiger partial charge in [0.05, 0.1) is 0 Å². The SMILES string of the molecule is Cc1cnccc1-c1cc(Cl)cc2c1O[C@@H](C(=O)N1CCNCC1)C2. The second kappa shape index (κ2) is 6.65. The number of hydrogen-bond donors (Lipinski definition) is 1. The first-order valence-corrected chi connectivity index (χ1v) is 8.91. The Kier molecular flexibility index (Phi) is 4.36. The molecule has 0 unspecified atom stereocenters. The zero-order chi connectivity index (χ0) is 17.4. The second-order valence-electron chi connectivity index (χ2n) is 6.52. The van der Waals surface area contributed by atoms with Gasteiger partial charge < -0.3 is 15.0 Å². The van der Waals surface area contributed by atoms with Crippen LogP contribution in [0, 0.1) is 6.92 Å². The third kappa shape index (κ3) is 3.10. The van der Waals surface area contributed by atoms with E-state index in [4.69, 9.17) is 16.3 Å². The van der Waals surface area contributed by atoms with E-state index in [0.29, 0.717) is 11.4 Å². The molecule has 5 nitrogen and oxygen atoms in total. The highest BCUT2D eigenvalue weighted by Gasteiger charge is 2.34. The summed E-state index contributed by atoms with van der Waals surface area (Å²) in [6, 6.07) is 5.76. The number of nitrogens with zero attached hydrogens (tertiary/aromatic N) is 2. The van der Waals surface area contributed by atoms with Crippen LogP contribution in [0.1, 0.15) is 11.1 Å². The smallest absolute Gasteiger partial charge is 0.264 e. The molecule has 1 aromatic heterocycles. The number of nitrogens with one attached hydrogen (secondary N) is 1. The number of carbonyl (C=O) groups is 1. The number of halogens is 1. The molecule has 1 aromatic carbocycles. The Morgan fingerprint density at radius 1 is 1.32 bits per heavy atom. The highest BCUT2D eigenvalue weighted by molar-refractivity contribution is 6.31. The molecule has 1 atom stereocenters. The Labute approximate surface area is 152 Å². The van der Waals surface area contributed by atoms with Crippen LogP contribution in [0.15, 0.2) is 30.6 Å². The van der Waals surface area contributed by atoms with E-state index >= 15 is 0 Å². The number of aryl methyl sites for hydroxylation is 1. The molecule has 2 aliphatic heterocycles.